The molecule has 1 saturated heterocycles. The van der Waals surface area contributed by atoms with Crippen molar-refractivity contribution in [3.63, 3.8) is 0 Å². The monoisotopic (exact) mass is 351 g/mol. The molecule has 2 amide bonds. The summed E-state index contributed by atoms with van der Waals surface area (Å²) in [7, 11) is 0. The van der Waals surface area contributed by atoms with Crippen LogP contribution in [0.5, 0.6) is 5.75 Å². The third-order valence-electron chi connectivity index (χ3n) is 5.01. The molecule has 134 valence electrons. The van der Waals surface area contributed by atoms with Crippen LogP contribution in [0.25, 0.3) is 0 Å². The van der Waals surface area contributed by atoms with E-state index in [1.165, 1.54) is 0 Å². The molecular weight excluding hydrogens is 330 g/mol. The van der Waals surface area contributed by atoms with Gasteiger partial charge in [0.05, 0.1) is 12.2 Å². The van der Waals surface area contributed by atoms with Crippen molar-refractivity contribution in [3.8, 4) is 5.75 Å². The Labute approximate surface area is 152 Å². The molecule has 1 fully saturated rings. The maximum absolute atomic E-state index is 13.1. The number of hydrogen-bond acceptors (Lipinski definition) is 4. The Morgan fingerprint density at radius 1 is 1.15 bits per heavy atom. The summed E-state index contributed by atoms with van der Waals surface area (Å²) >= 11 is 0. The number of pyridine rings is 1. The van der Waals surface area contributed by atoms with Gasteiger partial charge in [-0.05, 0) is 49.6 Å². The average Bonchev–Trinajstić information content (AvgIpc) is 2.68. The summed E-state index contributed by atoms with van der Waals surface area (Å²) in [5, 5.41) is 2.84. The molecule has 0 radical (unpaired) electrons. The number of benzene rings is 1. The maximum Gasteiger partial charge on any atom is 0.257 e. The lowest BCUT2D eigenvalue weighted by atomic mass is 9.97. The van der Waals surface area contributed by atoms with Crippen molar-refractivity contribution < 1.29 is 14.3 Å². The number of hydrogen-bond donors (Lipinski definition) is 1. The van der Waals surface area contributed by atoms with E-state index in [9.17, 15) is 9.59 Å². The topological polar surface area (TPSA) is 71.5 Å². The molecule has 1 atom stereocenters. The largest absolute Gasteiger partial charge is 0.493 e. The minimum absolute atomic E-state index is 0.00981. The molecule has 1 unspecified atom stereocenters. The first-order valence-corrected chi connectivity index (χ1v) is 9.01. The highest BCUT2D eigenvalue weighted by Gasteiger charge is 2.31. The summed E-state index contributed by atoms with van der Waals surface area (Å²) in [6.07, 6.45) is 7.24. The van der Waals surface area contributed by atoms with Gasteiger partial charge in [0.15, 0.2) is 0 Å². The van der Waals surface area contributed by atoms with Crippen LogP contribution in [0.3, 0.4) is 0 Å². The minimum atomic E-state index is -0.234. The molecule has 0 saturated carbocycles. The molecule has 1 N–H and O–H groups in total. The Morgan fingerprint density at radius 3 is 2.85 bits per heavy atom. The number of carbonyl (C=O) groups is 2. The van der Waals surface area contributed by atoms with Crippen LogP contribution in [0.1, 0.15) is 46.4 Å². The molecule has 2 aromatic rings. The normalized spacial score (nSPS) is 19.5. The summed E-state index contributed by atoms with van der Waals surface area (Å²) in [5.41, 5.74) is 1.62. The second-order valence-electron chi connectivity index (χ2n) is 6.69. The number of nitrogens with one attached hydrogen (secondary N) is 1. The Morgan fingerprint density at radius 2 is 2.00 bits per heavy atom. The third kappa shape index (κ3) is 3.27. The van der Waals surface area contributed by atoms with Crippen molar-refractivity contribution in [2.75, 3.05) is 18.5 Å². The highest BCUT2D eigenvalue weighted by molar-refractivity contribution is 6.05. The number of ether oxygens (including phenoxy) is 1. The highest BCUT2D eigenvalue weighted by Crippen LogP contribution is 2.31. The van der Waals surface area contributed by atoms with Gasteiger partial charge in [-0.1, -0.05) is 0 Å². The van der Waals surface area contributed by atoms with Crippen molar-refractivity contribution in [1.82, 2.24) is 9.88 Å². The predicted molar refractivity (Wildman–Crippen MR) is 97.4 cm³/mol. The fourth-order valence-corrected chi connectivity index (χ4v) is 3.63. The zero-order valence-corrected chi connectivity index (χ0v) is 14.5. The number of piperidine rings is 1. The van der Waals surface area contributed by atoms with Crippen molar-refractivity contribution in [1.29, 1.82) is 0 Å². The molecule has 2 aliphatic rings. The van der Waals surface area contributed by atoms with Crippen LogP contribution in [-0.4, -0.2) is 40.9 Å². The van der Waals surface area contributed by atoms with E-state index in [-0.39, 0.29) is 17.9 Å². The highest BCUT2D eigenvalue weighted by atomic mass is 16.5. The second-order valence-corrected chi connectivity index (χ2v) is 6.69. The van der Waals surface area contributed by atoms with E-state index in [2.05, 4.69) is 10.3 Å². The Kier molecular flexibility index (Phi) is 4.56. The first kappa shape index (κ1) is 16.6. The fourth-order valence-electron chi connectivity index (χ4n) is 3.63. The van der Waals surface area contributed by atoms with E-state index in [0.29, 0.717) is 29.2 Å². The summed E-state index contributed by atoms with van der Waals surface area (Å²) in [4.78, 5) is 31.3. The van der Waals surface area contributed by atoms with Gasteiger partial charge in [0.25, 0.3) is 11.8 Å². The van der Waals surface area contributed by atoms with Gasteiger partial charge in [0, 0.05) is 42.7 Å². The van der Waals surface area contributed by atoms with Gasteiger partial charge in [-0.3, -0.25) is 14.6 Å². The van der Waals surface area contributed by atoms with Gasteiger partial charge < -0.3 is 15.0 Å². The fraction of sp³-hybridized carbons (Fsp3) is 0.350. The number of aromatic nitrogens is 1. The van der Waals surface area contributed by atoms with Gasteiger partial charge in [0.2, 0.25) is 0 Å². The molecule has 0 aliphatic carbocycles. The maximum atomic E-state index is 13.1. The first-order valence-electron chi connectivity index (χ1n) is 9.01. The third-order valence-corrected chi connectivity index (χ3v) is 5.01. The lowest BCUT2D eigenvalue weighted by molar-refractivity contribution is 0.0548. The molecule has 0 bridgehead atoms. The van der Waals surface area contributed by atoms with Crippen LogP contribution in [0.4, 0.5) is 5.69 Å². The summed E-state index contributed by atoms with van der Waals surface area (Å²) < 4.78 is 5.82. The van der Waals surface area contributed by atoms with Crippen LogP contribution >= 0.6 is 0 Å². The van der Waals surface area contributed by atoms with Crippen LogP contribution in [0.2, 0.25) is 0 Å². The van der Waals surface area contributed by atoms with E-state index < -0.39 is 0 Å². The molecule has 2 aliphatic heterocycles. The van der Waals surface area contributed by atoms with Gasteiger partial charge >= 0.3 is 0 Å². The van der Waals surface area contributed by atoms with E-state index in [0.717, 1.165) is 32.2 Å². The van der Waals surface area contributed by atoms with Crippen molar-refractivity contribution in [2.24, 2.45) is 0 Å². The first-order chi connectivity index (χ1) is 12.7. The standard InChI is InChI=1S/C20H21N3O3/c24-19(14-6-9-21-10-7-14)22-15-4-5-18-17(13-15)20(25)23-11-2-1-3-16(23)8-12-26-18/h4-7,9-10,13,16H,1-3,8,11-12H2,(H,22,24). The zero-order valence-electron chi connectivity index (χ0n) is 14.5. The SMILES string of the molecule is O=C(Nc1ccc2c(c1)C(=O)N1CCCCC1CCO2)c1ccncc1. The Hall–Kier alpha value is -2.89. The molecule has 3 heterocycles. The van der Waals surface area contributed by atoms with E-state index >= 15 is 0 Å². The molecule has 6 heteroatoms. The number of carbonyl (C=O) groups excluding carboxylic acids is 2. The lowest BCUT2D eigenvalue weighted by Gasteiger charge is -2.37. The number of amides is 2. The van der Waals surface area contributed by atoms with Crippen molar-refractivity contribution in [2.45, 2.75) is 31.7 Å². The Balaban J connectivity index is 1.60. The molecule has 4 rings (SSSR count). The number of fused-ring (bicyclic) bond motifs is 2. The molecule has 1 aromatic carbocycles. The smallest absolute Gasteiger partial charge is 0.257 e. The summed E-state index contributed by atoms with van der Waals surface area (Å²) in [6, 6.07) is 8.79. The van der Waals surface area contributed by atoms with Gasteiger partial charge in [-0.25, -0.2) is 0 Å². The van der Waals surface area contributed by atoms with Gasteiger partial charge in [-0.15, -0.1) is 0 Å². The predicted octanol–water partition coefficient (Wildman–Crippen LogP) is 3.11. The Bertz CT molecular complexity index is 822. The molecule has 0 spiro atoms. The summed E-state index contributed by atoms with van der Waals surface area (Å²) in [5.74, 6) is 0.341. The molecule has 1 aromatic heterocycles. The lowest BCUT2D eigenvalue weighted by Crippen LogP contribution is -2.45. The molecular formula is C20H21N3O3. The van der Waals surface area contributed by atoms with Crippen LogP contribution < -0.4 is 10.1 Å². The van der Waals surface area contributed by atoms with Gasteiger partial charge in [0.1, 0.15) is 5.75 Å². The van der Waals surface area contributed by atoms with Crippen molar-refractivity contribution >= 4 is 17.5 Å². The quantitative estimate of drug-likeness (QED) is 0.902. The zero-order chi connectivity index (χ0) is 17.9. The summed E-state index contributed by atoms with van der Waals surface area (Å²) in [6.45, 7) is 1.39. The van der Waals surface area contributed by atoms with E-state index in [1.807, 2.05) is 4.90 Å². The van der Waals surface area contributed by atoms with Crippen molar-refractivity contribution in [3.05, 3.63) is 53.9 Å². The average molecular weight is 351 g/mol. The molecule has 26 heavy (non-hydrogen) atoms. The minimum Gasteiger partial charge on any atom is -0.493 e. The number of nitrogens with zero attached hydrogens (tertiary/aromatic N) is 2. The molecule has 6 nitrogen and oxygen atoms in total. The number of rotatable bonds is 2. The van der Waals surface area contributed by atoms with E-state index in [1.54, 1.807) is 42.7 Å². The van der Waals surface area contributed by atoms with Crippen LogP contribution in [0, 0.1) is 0 Å². The van der Waals surface area contributed by atoms with Crippen LogP contribution in [-0.2, 0) is 0 Å². The van der Waals surface area contributed by atoms with Crippen LogP contribution in [0.15, 0.2) is 42.7 Å². The number of anilines is 1. The van der Waals surface area contributed by atoms with Gasteiger partial charge in [-0.2, -0.15) is 0 Å². The second kappa shape index (κ2) is 7.15. The van der Waals surface area contributed by atoms with E-state index in [4.69, 9.17) is 4.74 Å².